The zero-order valence-electron chi connectivity index (χ0n) is 13.1. The molecule has 0 radical (unpaired) electrons. The number of aliphatic hydroxyl groups is 1. The molecule has 1 aromatic carbocycles. The molecule has 1 saturated heterocycles. The molecule has 0 aliphatic carbocycles. The summed E-state index contributed by atoms with van der Waals surface area (Å²) < 4.78 is 0. The maximum Gasteiger partial charge on any atom is 0.0445 e. The van der Waals surface area contributed by atoms with Gasteiger partial charge in [-0.1, -0.05) is 18.6 Å². The molecular weight excluding hydrogens is 260 g/mol. The molecule has 2 aliphatic heterocycles. The first-order chi connectivity index (χ1) is 10.3. The van der Waals surface area contributed by atoms with Crippen molar-refractivity contribution in [2.45, 2.75) is 57.5 Å². The van der Waals surface area contributed by atoms with E-state index in [2.05, 4.69) is 35.3 Å². The molecule has 2 atom stereocenters. The predicted molar refractivity (Wildman–Crippen MR) is 87.8 cm³/mol. The third kappa shape index (κ3) is 3.58. The first kappa shape index (κ1) is 14.9. The number of benzene rings is 1. The van der Waals surface area contributed by atoms with Crippen LogP contribution in [0.1, 0.15) is 43.7 Å². The van der Waals surface area contributed by atoms with E-state index in [0.717, 1.165) is 25.8 Å². The van der Waals surface area contributed by atoms with Crippen LogP contribution >= 0.6 is 0 Å². The summed E-state index contributed by atoms with van der Waals surface area (Å²) in [5.41, 5.74) is 4.26. The Morgan fingerprint density at radius 1 is 1.33 bits per heavy atom. The van der Waals surface area contributed by atoms with Gasteiger partial charge in [0.05, 0.1) is 0 Å². The van der Waals surface area contributed by atoms with Crippen LogP contribution in [0.15, 0.2) is 18.2 Å². The van der Waals surface area contributed by atoms with Gasteiger partial charge in [0.2, 0.25) is 0 Å². The second-order valence-electron chi connectivity index (χ2n) is 6.69. The maximum atomic E-state index is 9.22. The monoisotopic (exact) mass is 288 g/mol. The van der Waals surface area contributed by atoms with Gasteiger partial charge in [-0.2, -0.15) is 0 Å². The molecule has 2 unspecified atom stereocenters. The van der Waals surface area contributed by atoms with Crippen molar-refractivity contribution in [1.29, 1.82) is 0 Å². The van der Waals surface area contributed by atoms with E-state index < -0.39 is 0 Å². The van der Waals surface area contributed by atoms with Crippen molar-refractivity contribution >= 4 is 5.69 Å². The normalized spacial score (nSPS) is 25.6. The third-order valence-corrected chi connectivity index (χ3v) is 5.00. The Morgan fingerprint density at radius 3 is 3.10 bits per heavy atom. The lowest BCUT2D eigenvalue weighted by molar-refractivity contribution is 0.120. The molecule has 2 heterocycles. The molecule has 1 fully saturated rings. The molecule has 21 heavy (non-hydrogen) atoms. The first-order valence-corrected chi connectivity index (χ1v) is 8.49. The van der Waals surface area contributed by atoms with Gasteiger partial charge < -0.3 is 10.4 Å². The summed E-state index contributed by atoms with van der Waals surface area (Å²) in [5, 5.41) is 12.7. The van der Waals surface area contributed by atoms with Crippen molar-refractivity contribution < 1.29 is 5.11 Å². The van der Waals surface area contributed by atoms with Gasteiger partial charge in [-0.25, -0.2) is 0 Å². The minimum absolute atomic E-state index is 0.323. The number of rotatable bonds is 5. The van der Waals surface area contributed by atoms with Crippen LogP contribution in [0.4, 0.5) is 5.69 Å². The zero-order chi connectivity index (χ0) is 14.7. The summed E-state index contributed by atoms with van der Waals surface area (Å²) in [6, 6.07) is 8.08. The van der Waals surface area contributed by atoms with E-state index in [-0.39, 0.29) is 0 Å². The van der Waals surface area contributed by atoms with E-state index in [1.54, 1.807) is 0 Å². The molecular formula is C18H28N2O. The number of likely N-dealkylation sites (tertiary alicyclic amines) is 1. The van der Waals surface area contributed by atoms with Crippen LogP contribution in [0.5, 0.6) is 0 Å². The van der Waals surface area contributed by atoms with Crippen LogP contribution in [0, 0.1) is 0 Å². The van der Waals surface area contributed by atoms with Gasteiger partial charge in [0, 0.05) is 30.9 Å². The molecule has 3 heteroatoms. The number of nitrogens with one attached hydrogen (secondary N) is 1. The molecule has 3 rings (SSSR count). The SMILES string of the molecule is CC1Cc2cc(CCN3CCCCC3CCO)ccc2N1. The number of fused-ring (bicyclic) bond motifs is 1. The molecule has 3 nitrogen and oxygen atoms in total. The lowest BCUT2D eigenvalue weighted by Gasteiger charge is -2.35. The van der Waals surface area contributed by atoms with Gasteiger partial charge in [-0.05, 0) is 62.8 Å². The van der Waals surface area contributed by atoms with Gasteiger partial charge in [-0.15, -0.1) is 0 Å². The summed E-state index contributed by atoms with van der Waals surface area (Å²) in [4.78, 5) is 2.59. The topological polar surface area (TPSA) is 35.5 Å². The van der Waals surface area contributed by atoms with Crippen LogP contribution in [0.25, 0.3) is 0 Å². The zero-order valence-corrected chi connectivity index (χ0v) is 13.1. The molecule has 116 valence electrons. The molecule has 0 saturated carbocycles. The fourth-order valence-corrected chi connectivity index (χ4v) is 3.86. The summed E-state index contributed by atoms with van der Waals surface area (Å²) in [6.07, 6.45) is 7.11. The molecule has 2 N–H and O–H groups in total. The van der Waals surface area contributed by atoms with Crippen molar-refractivity contribution in [3.8, 4) is 0 Å². The fraction of sp³-hybridized carbons (Fsp3) is 0.667. The van der Waals surface area contributed by atoms with E-state index in [1.165, 1.54) is 42.6 Å². The molecule has 2 aliphatic rings. The average Bonchev–Trinajstić information content (AvgIpc) is 2.86. The van der Waals surface area contributed by atoms with E-state index >= 15 is 0 Å². The highest BCUT2D eigenvalue weighted by Crippen LogP contribution is 2.27. The average molecular weight is 288 g/mol. The number of hydrogen-bond acceptors (Lipinski definition) is 3. The van der Waals surface area contributed by atoms with Crippen molar-refractivity contribution in [1.82, 2.24) is 4.90 Å². The lowest BCUT2D eigenvalue weighted by Crippen LogP contribution is -2.41. The second kappa shape index (κ2) is 6.80. The molecule has 0 amide bonds. The Morgan fingerprint density at radius 2 is 2.24 bits per heavy atom. The first-order valence-electron chi connectivity index (χ1n) is 8.49. The quantitative estimate of drug-likeness (QED) is 0.874. The van der Waals surface area contributed by atoms with E-state index in [1.807, 2.05) is 0 Å². The number of nitrogens with zero attached hydrogens (tertiary/aromatic N) is 1. The number of hydrogen-bond donors (Lipinski definition) is 2. The van der Waals surface area contributed by atoms with E-state index in [4.69, 9.17) is 0 Å². The minimum Gasteiger partial charge on any atom is -0.396 e. The molecule has 0 bridgehead atoms. The summed E-state index contributed by atoms with van der Waals surface area (Å²) >= 11 is 0. The van der Waals surface area contributed by atoms with E-state index in [0.29, 0.717) is 18.7 Å². The minimum atomic E-state index is 0.323. The van der Waals surface area contributed by atoms with Crippen molar-refractivity contribution in [3.05, 3.63) is 29.3 Å². The van der Waals surface area contributed by atoms with Crippen LogP contribution in [0.3, 0.4) is 0 Å². The number of anilines is 1. The molecule has 1 aromatic rings. The predicted octanol–water partition coefficient (Wildman–Crippen LogP) is 2.82. The smallest absolute Gasteiger partial charge is 0.0445 e. The highest BCUT2D eigenvalue weighted by atomic mass is 16.3. The standard InChI is InChI=1S/C18H28N2O/c1-14-12-16-13-15(5-6-18(16)19-14)7-10-20-9-3-2-4-17(20)8-11-21/h5-6,13-14,17,19,21H,2-4,7-12H2,1H3. The van der Waals surface area contributed by atoms with Gasteiger partial charge in [0.15, 0.2) is 0 Å². The Kier molecular flexibility index (Phi) is 4.81. The number of aliphatic hydroxyl groups excluding tert-OH is 1. The Balaban J connectivity index is 1.58. The second-order valence-corrected chi connectivity index (χ2v) is 6.69. The van der Waals surface area contributed by atoms with Gasteiger partial charge in [-0.3, -0.25) is 4.90 Å². The highest BCUT2D eigenvalue weighted by molar-refractivity contribution is 5.57. The van der Waals surface area contributed by atoms with Crippen LogP contribution in [0.2, 0.25) is 0 Å². The largest absolute Gasteiger partial charge is 0.396 e. The lowest BCUT2D eigenvalue weighted by atomic mass is 9.98. The Labute approximate surface area is 128 Å². The molecule has 0 aromatic heterocycles. The molecule has 0 spiro atoms. The van der Waals surface area contributed by atoms with Crippen molar-refractivity contribution in [2.75, 3.05) is 25.0 Å². The van der Waals surface area contributed by atoms with Crippen LogP contribution < -0.4 is 5.32 Å². The maximum absolute atomic E-state index is 9.22. The van der Waals surface area contributed by atoms with Gasteiger partial charge in [0.25, 0.3) is 0 Å². The van der Waals surface area contributed by atoms with Crippen molar-refractivity contribution in [2.24, 2.45) is 0 Å². The van der Waals surface area contributed by atoms with Gasteiger partial charge >= 0.3 is 0 Å². The van der Waals surface area contributed by atoms with Crippen molar-refractivity contribution in [3.63, 3.8) is 0 Å². The summed E-state index contributed by atoms with van der Waals surface area (Å²) in [7, 11) is 0. The fourth-order valence-electron chi connectivity index (χ4n) is 3.86. The third-order valence-electron chi connectivity index (χ3n) is 5.00. The number of piperidine rings is 1. The Bertz CT molecular complexity index is 472. The highest BCUT2D eigenvalue weighted by Gasteiger charge is 2.22. The van der Waals surface area contributed by atoms with Gasteiger partial charge in [0.1, 0.15) is 0 Å². The summed E-state index contributed by atoms with van der Waals surface area (Å²) in [6.45, 7) is 4.90. The van der Waals surface area contributed by atoms with Crippen LogP contribution in [-0.2, 0) is 12.8 Å². The summed E-state index contributed by atoms with van der Waals surface area (Å²) in [5.74, 6) is 0. The Hall–Kier alpha value is -1.06. The van der Waals surface area contributed by atoms with Crippen LogP contribution in [-0.4, -0.2) is 41.8 Å². The van der Waals surface area contributed by atoms with E-state index in [9.17, 15) is 5.11 Å².